The number of para-hydroxylation sites is 1. The van der Waals surface area contributed by atoms with Gasteiger partial charge >= 0.3 is 0 Å². The molecule has 1 fully saturated rings. The standard InChI is InChI=1S/C13H18N2O/c1-2-4-13-11(3-1)9-16-10-15(13)12-5-7-14-8-6-12/h1-4,12,14H,5-10H2. The molecule has 2 aliphatic rings. The largest absolute Gasteiger partial charge is 0.356 e. The van der Waals surface area contributed by atoms with E-state index in [2.05, 4.69) is 34.5 Å². The first-order chi connectivity index (χ1) is 7.95. The zero-order valence-electron chi connectivity index (χ0n) is 9.48. The number of hydrogen-bond acceptors (Lipinski definition) is 3. The van der Waals surface area contributed by atoms with Gasteiger partial charge in [-0.3, -0.25) is 0 Å². The van der Waals surface area contributed by atoms with Gasteiger partial charge in [0, 0.05) is 17.3 Å². The van der Waals surface area contributed by atoms with Crippen LogP contribution in [0, 0.1) is 0 Å². The van der Waals surface area contributed by atoms with Gasteiger partial charge in [-0.2, -0.15) is 0 Å². The number of rotatable bonds is 1. The summed E-state index contributed by atoms with van der Waals surface area (Å²) in [4.78, 5) is 2.43. The average Bonchev–Trinajstić information content (AvgIpc) is 2.39. The summed E-state index contributed by atoms with van der Waals surface area (Å²) in [7, 11) is 0. The highest BCUT2D eigenvalue weighted by molar-refractivity contribution is 5.55. The first-order valence-electron chi connectivity index (χ1n) is 6.08. The lowest BCUT2D eigenvalue weighted by atomic mass is 10.0. The van der Waals surface area contributed by atoms with E-state index in [1.807, 2.05) is 0 Å². The molecule has 16 heavy (non-hydrogen) atoms. The molecule has 0 amide bonds. The van der Waals surface area contributed by atoms with Crippen LogP contribution in [0.3, 0.4) is 0 Å². The Hall–Kier alpha value is -1.06. The van der Waals surface area contributed by atoms with Gasteiger partial charge < -0.3 is 15.0 Å². The highest BCUT2D eigenvalue weighted by atomic mass is 16.5. The van der Waals surface area contributed by atoms with Crippen molar-refractivity contribution in [3.05, 3.63) is 29.8 Å². The first kappa shape index (κ1) is 10.1. The molecule has 1 aromatic carbocycles. The molecule has 0 bridgehead atoms. The molecular weight excluding hydrogens is 200 g/mol. The smallest absolute Gasteiger partial charge is 0.119 e. The topological polar surface area (TPSA) is 24.5 Å². The SMILES string of the molecule is c1ccc2c(c1)COCN2C1CCNCC1. The molecule has 2 heterocycles. The van der Waals surface area contributed by atoms with E-state index < -0.39 is 0 Å². The number of nitrogens with zero attached hydrogens (tertiary/aromatic N) is 1. The first-order valence-corrected chi connectivity index (χ1v) is 6.08. The number of piperidine rings is 1. The number of hydrogen-bond donors (Lipinski definition) is 1. The monoisotopic (exact) mass is 218 g/mol. The molecule has 0 aromatic heterocycles. The van der Waals surface area contributed by atoms with Gasteiger partial charge in [0.15, 0.2) is 0 Å². The Morgan fingerprint density at radius 2 is 2.00 bits per heavy atom. The van der Waals surface area contributed by atoms with Crippen molar-refractivity contribution in [1.29, 1.82) is 0 Å². The van der Waals surface area contributed by atoms with Gasteiger partial charge in [0.1, 0.15) is 6.73 Å². The molecule has 1 saturated heterocycles. The second kappa shape index (κ2) is 4.44. The second-order valence-corrected chi connectivity index (χ2v) is 4.56. The summed E-state index contributed by atoms with van der Waals surface area (Å²) in [5.41, 5.74) is 2.70. The van der Waals surface area contributed by atoms with Crippen molar-refractivity contribution in [3.8, 4) is 0 Å². The van der Waals surface area contributed by atoms with E-state index in [-0.39, 0.29) is 0 Å². The van der Waals surface area contributed by atoms with E-state index in [0.29, 0.717) is 6.04 Å². The van der Waals surface area contributed by atoms with Crippen LogP contribution in [0.2, 0.25) is 0 Å². The molecule has 1 N–H and O–H groups in total. The van der Waals surface area contributed by atoms with Crippen molar-refractivity contribution in [1.82, 2.24) is 5.32 Å². The zero-order chi connectivity index (χ0) is 10.8. The summed E-state index contributed by atoms with van der Waals surface area (Å²) in [6, 6.07) is 9.25. The number of fused-ring (bicyclic) bond motifs is 1. The molecule has 1 aromatic rings. The highest BCUT2D eigenvalue weighted by Crippen LogP contribution is 2.29. The van der Waals surface area contributed by atoms with Crippen LogP contribution >= 0.6 is 0 Å². The third-order valence-electron chi connectivity index (χ3n) is 3.54. The maximum absolute atomic E-state index is 5.67. The fourth-order valence-corrected chi connectivity index (χ4v) is 2.66. The van der Waals surface area contributed by atoms with Crippen molar-refractivity contribution in [3.63, 3.8) is 0 Å². The predicted octanol–water partition coefficient (Wildman–Crippen LogP) is 1.73. The molecule has 0 spiro atoms. The molecule has 3 rings (SSSR count). The van der Waals surface area contributed by atoms with Gasteiger partial charge in [-0.15, -0.1) is 0 Å². The summed E-state index contributed by atoms with van der Waals surface area (Å²) >= 11 is 0. The van der Waals surface area contributed by atoms with Crippen LogP contribution < -0.4 is 10.2 Å². The molecular formula is C13H18N2O. The third kappa shape index (κ3) is 1.81. The van der Waals surface area contributed by atoms with Crippen LogP contribution in [0.1, 0.15) is 18.4 Å². The van der Waals surface area contributed by atoms with Gasteiger partial charge in [0.05, 0.1) is 6.61 Å². The number of anilines is 1. The van der Waals surface area contributed by atoms with Crippen LogP contribution in [-0.4, -0.2) is 25.9 Å². The molecule has 0 atom stereocenters. The molecule has 0 radical (unpaired) electrons. The minimum Gasteiger partial charge on any atom is -0.356 e. The second-order valence-electron chi connectivity index (χ2n) is 4.56. The summed E-state index contributed by atoms with van der Waals surface area (Å²) in [5.74, 6) is 0. The maximum Gasteiger partial charge on any atom is 0.119 e. The quantitative estimate of drug-likeness (QED) is 0.777. The number of nitrogens with one attached hydrogen (secondary N) is 1. The normalized spacial score (nSPS) is 21.9. The van der Waals surface area contributed by atoms with Crippen LogP contribution in [0.5, 0.6) is 0 Å². The number of benzene rings is 1. The fraction of sp³-hybridized carbons (Fsp3) is 0.538. The van der Waals surface area contributed by atoms with Gasteiger partial charge in [-0.05, 0) is 32.0 Å². The van der Waals surface area contributed by atoms with Gasteiger partial charge in [-0.25, -0.2) is 0 Å². The van der Waals surface area contributed by atoms with E-state index in [0.717, 1.165) is 26.4 Å². The van der Waals surface area contributed by atoms with E-state index >= 15 is 0 Å². The van der Waals surface area contributed by atoms with Crippen LogP contribution in [0.4, 0.5) is 5.69 Å². The Balaban J connectivity index is 1.86. The minimum atomic E-state index is 0.641. The molecule has 0 saturated carbocycles. The fourth-order valence-electron chi connectivity index (χ4n) is 2.66. The van der Waals surface area contributed by atoms with Crippen LogP contribution in [0.15, 0.2) is 24.3 Å². The lowest BCUT2D eigenvalue weighted by molar-refractivity contribution is 0.101. The number of ether oxygens (including phenoxy) is 1. The van der Waals surface area contributed by atoms with Crippen LogP contribution in [-0.2, 0) is 11.3 Å². The van der Waals surface area contributed by atoms with Crippen molar-refractivity contribution < 1.29 is 4.74 Å². The van der Waals surface area contributed by atoms with E-state index in [9.17, 15) is 0 Å². The molecule has 0 unspecified atom stereocenters. The van der Waals surface area contributed by atoms with Crippen molar-refractivity contribution >= 4 is 5.69 Å². The Bertz CT molecular complexity index is 361. The molecule has 2 aliphatic heterocycles. The van der Waals surface area contributed by atoms with Gasteiger partial charge in [0.25, 0.3) is 0 Å². The Kier molecular flexibility index (Phi) is 2.80. The predicted molar refractivity (Wildman–Crippen MR) is 64.5 cm³/mol. The van der Waals surface area contributed by atoms with Crippen LogP contribution in [0.25, 0.3) is 0 Å². The third-order valence-corrected chi connectivity index (χ3v) is 3.54. The summed E-state index contributed by atoms with van der Waals surface area (Å²) in [5, 5.41) is 3.41. The van der Waals surface area contributed by atoms with Gasteiger partial charge in [-0.1, -0.05) is 18.2 Å². The van der Waals surface area contributed by atoms with E-state index in [1.54, 1.807) is 0 Å². The minimum absolute atomic E-state index is 0.641. The van der Waals surface area contributed by atoms with E-state index in [1.165, 1.54) is 24.1 Å². The summed E-state index contributed by atoms with van der Waals surface area (Å²) in [6.07, 6.45) is 2.44. The molecule has 86 valence electrons. The lowest BCUT2D eigenvalue weighted by Gasteiger charge is -2.39. The maximum atomic E-state index is 5.67. The van der Waals surface area contributed by atoms with Crippen molar-refractivity contribution in [2.75, 3.05) is 24.7 Å². The molecule has 3 nitrogen and oxygen atoms in total. The summed E-state index contributed by atoms with van der Waals surface area (Å²) < 4.78 is 5.67. The lowest BCUT2D eigenvalue weighted by Crippen LogP contribution is -2.45. The molecule has 3 heteroatoms. The molecule has 0 aliphatic carbocycles. The summed E-state index contributed by atoms with van der Waals surface area (Å²) in [6.45, 7) is 3.77. The average molecular weight is 218 g/mol. The van der Waals surface area contributed by atoms with Gasteiger partial charge in [0.2, 0.25) is 0 Å². The van der Waals surface area contributed by atoms with E-state index in [4.69, 9.17) is 4.74 Å². The Morgan fingerprint density at radius 1 is 1.19 bits per heavy atom. The Labute approximate surface area is 96.4 Å². The zero-order valence-corrected chi connectivity index (χ0v) is 9.48. The van der Waals surface area contributed by atoms with Crippen molar-refractivity contribution in [2.45, 2.75) is 25.5 Å². The highest BCUT2D eigenvalue weighted by Gasteiger charge is 2.25. The van der Waals surface area contributed by atoms with Crippen molar-refractivity contribution in [2.24, 2.45) is 0 Å². The Morgan fingerprint density at radius 3 is 2.88 bits per heavy atom.